The standard InChI is InChI=1S/C23H28N4O3/c1-3-20-23(29)26-19-13-16(4-7-21(19)30-20)12-15-8-10-27(11-9-15)17-5-6-18(25-14-17)22(28)24-2/h4-7,13-15,20H,3,8-12H2,1-2H3,(H,24,28)(H,26,29). The highest BCUT2D eigenvalue weighted by molar-refractivity contribution is 5.97. The number of amides is 2. The first-order chi connectivity index (χ1) is 14.6. The Labute approximate surface area is 176 Å². The molecule has 0 aliphatic carbocycles. The van der Waals surface area contributed by atoms with Gasteiger partial charge in [0.15, 0.2) is 6.10 Å². The van der Waals surface area contributed by atoms with Crippen molar-refractivity contribution in [3.8, 4) is 5.75 Å². The van der Waals surface area contributed by atoms with Crippen LogP contribution in [0.25, 0.3) is 0 Å². The number of rotatable bonds is 5. The number of hydrogen-bond donors (Lipinski definition) is 2. The zero-order valence-corrected chi connectivity index (χ0v) is 17.5. The van der Waals surface area contributed by atoms with E-state index in [1.165, 1.54) is 5.56 Å². The third-order valence-corrected chi connectivity index (χ3v) is 5.95. The molecule has 7 nitrogen and oxygen atoms in total. The van der Waals surface area contributed by atoms with Crippen LogP contribution in [0.15, 0.2) is 36.5 Å². The predicted molar refractivity (Wildman–Crippen MR) is 116 cm³/mol. The summed E-state index contributed by atoms with van der Waals surface area (Å²) in [6, 6.07) is 9.87. The van der Waals surface area contributed by atoms with Gasteiger partial charge in [-0.15, -0.1) is 0 Å². The lowest BCUT2D eigenvalue weighted by molar-refractivity contribution is -0.123. The molecule has 2 N–H and O–H groups in total. The van der Waals surface area contributed by atoms with Gasteiger partial charge in [-0.3, -0.25) is 9.59 Å². The van der Waals surface area contributed by atoms with Crippen molar-refractivity contribution in [1.29, 1.82) is 0 Å². The second-order valence-electron chi connectivity index (χ2n) is 7.95. The van der Waals surface area contributed by atoms with Crippen LogP contribution in [-0.2, 0) is 11.2 Å². The number of carbonyl (C=O) groups excluding carboxylic acids is 2. The molecule has 1 fully saturated rings. The van der Waals surface area contributed by atoms with Crippen LogP contribution < -0.4 is 20.3 Å². The van der Waals surface area contributed by atoms with Crippen LogP contribution in [0, 0.1) is 5.92 Å². The first kappa shape index (κ1) is 20.2. The van der Waals surface area contributed by atoms with E-state index in [1.807, 2.05) is 25.1 Å². The Balaban J connectivity index is 1.34. The molecule has 0 saturated carbocycles. The molecule has 158 valence electrons. The van der Waals surface area contributed by atoms with Gasteiger partial charge < -0.3 is 20.3 Å². The van der Waals surface area contributed by atoms with Crippen LogP contribution in [0.5, 0.6) is 5.75 Å². The first-order valence-corrected chi connectivity index (χ1v) is 10.6. The zero-order chi connectivity index (χ0) is 21.1. The zero-order valence-electron chi connectivity index (χ0n) is 17.5. The van der Waals surface area contributed by atoms with E-state index in [0.29, 0.717) is 18.0 Å². The number of ether oxygens (including phenoxy) is 1. The van der Waals surface area contributed by atoms with Gasteiger partial charge in [-0.2, -0.15) is 0 Å². The Hall–Kier alpha value is -3.09. The molecular formula is C23H28N4O3. The predicted octanol–water partition coefficient (Wildman–Crippen LogP) is 3.01. The molecule has 0 bridgehead atoms. The minimum atomic E-state index is -0.396. The van der Waals surface area contributed by atoms with E-state index >= 15 is 0 Å². The fourth-order valence-corrected chi connectivity index (χ4v) is 4.16. The molecule has 1 saturated heterocycles. The van der Waals surface area contributed by atoms with Crippen molar-refractivity contribution >= 4 is 23.2 Å². The number of piperidine rings is 1. The summed E-state index contributed by atoms with van der Waals surface area (Å²) >= 11 is 0. The van der Waals surface area contributed by atoms with Crippen molar-refractivity contribution < 1.29 is 14.3 Å². The molecule has 4 rings (SSSR count). The Bertz CT molecular complexity index is 921. The molecule has 2 aliphatic heterocycles. The summed E-state index contributed by atoms with van der Waals surface area (Å²) in [4.78, 5) is 30.3. The van der Waals surface area contributed by atoms with E-state index in [9.17, 15) is 9.59 Å². The van der Waals surface area contributed by atoms with Crippen LogP contribution in [0.2, 0.25) is 0 Å². The molecule has 2 aliphatic rings. The van der Waals surface area contributed by atoms with Crippen LogP contribution >= 0.6 is 0 Å². The third kappa shape index (κ3) is 4.25. The van der Waals surface area contributed by atoms with Gasteiger partial charge in [0, 0.05) is 20.1 Å². The van der Waals surface area contributed by atoms with Crippen LogP contribution in [-0.4, -0.2) is 43.0 Å². The molecule has 2 aromatic rings. The van der Waals surface area contributed by atoms with Gasteiger partial charge in [-0.05, 0) is 61.4 Å². The van der Waals surface area contributed by atoms with Gasteiger partial charge >= 0.3 is 0 Å². The lowest BCUT2D eigenvalue weighted by atomic mass is 9.89. The molecule has 30 heavy (non-hydrogen) atoms. The topological polar surface area (TPSA) is 83.6 Å². The van der Waals surface area contributed by atoms with Crippen molar-refractivity contribution in [2.75, 3.05) is 30.4 Å². The quantitative estimate of drug-likeness (QED) is 0.795. The molecule has 1 unspecified atom stereocenters. The summed E-state index contributed by atoms with van der Waals surface area (Å²) in [6.07, 6.45) is 5.22. The van der Waals surface area contributed by atoms with E-state index in [2.05, 4.69) is 26.6 Å². The fraction of sp³-hybridized carbons (Fsp3) is 0.435. The number of nitrogens with zero attached hydrogens (tertiary/aromatic N) is 2. The highest BCUT2D eigenvalue weighted by atomic mass is 16.5. The third-order valence-electron chi connectivity index (χ3n) is 5.95. The average molecular weight is 409 g/mol. The molecule has 2 amide bonds. The lowest BCUT2D eigenvalue weighted by Crippen LogP contribution is -2.36. The Morgan fingerprint density at radius 2 is 2.07 bits per heavy atom. The Morgan fingerprint density at radius 3 is 2.73 bits per heavy atom. The van der Waals surface area contributed by atoms with Gasteiger partial charge in [-0.1, -0.05) is 13.0 Å². The number of nitrogens with one attached hydrogen (secondary N) is 2. The fourth-order valence-electron chi connectivity index (χ4n) is 4.16. The van der Waals surface area contributed by atoms with Crippen molar-refractivity contribution in [1.82, 2.24) is 10.3 Å². The van der Waals surface area contributed by atoms with Crippen LogP contribution in [0.1, 0.15) is 42.2 Å². The number of aromatic nitrogens is 1. The smallest absolute Gasteiger partial charge is 0.269 e. The lowest BCUT2D eigenvalue weighted by Gasteiger charge is -2.33. The van der Waals surface area contributed by atoms with E-state index in [4.69, 9.17) is 4.74 Å². The van der Waals surface area contributed by atoms with Crippen molar-refractivity contribution in [2.24, 2.45) is 5.92 Å². The number of fused-ring (bicyclic) bond motifs is 1. The Kier molecular flexibility index (Phi) is 5.88. The van der Waals surface area contributed by atoms with Gasteiger partial charge in [0.05, 0.1) is 17.6 Å². The summed E-state index contributed by atoms with van der Waals surface area (Å²) in [5.41, 5.74) is 3.50. The summed E-state index contributed by atoms with van der Waals surface area (Å²) in [7, 11) is 1.61. The second kappa shape index (κ2) is 8.73. The molecular weight excluding hydrogens is 380 g/mol. The van der Waals surface area contributed by atoms with E-state index < -0.39 is 6.10 Å². The average Bonchev–Trinajstić information content (AvgIpc) is 2.78. The molecule has 0 radical (unpaired) electrons. The number of benzene rings is 1. The van der Waals surface area contributed by atoms with Crippen LogP contribution in [0.3, 0.4) is 0 Å². The maximum absolute atomic E-state index is 12.1. The van der Waals surface area contributed by atoms with Crippen molar-refractivity contribution in [3.05, 3.63) is 47.8 Å². The molecule has 3 heterocycles. The van der Waals surface area contributed by atoms with E-state index in [-0.39, 0.29) is 11.8 Å². The van der Waals surface area contributed by atoms with Crippen molar-refractivity contribution in [2.45, 2.75) is 38.7 Å². The molecule has 1 atom stereocenters. The normalized spacial score (nSPS) is 18.9. The highest BCUT2D eigenvalue weighted by Crippen LogP contribution is 2.33. The number of pyridine rings is 1. The number of anilines is 2. The summed E-state index contributed by atoms with van der Waals surface area (Å²) in [5.74, 6) is 1.12. The van der Waals surface area contributed by atoms with E-state index in [0.717, 1.165) is 49.5 Å². The SMILES string of the molecule is CCC1Oc2ccc(CC3CCN(c4ccc(C(=O)NC)nc4)CC3)cc2NC1=O. The highest BCUT2D eigenvalue weighted by Gasteiger charge is 2.26. The largest absolute Gasteiger partial charge is 0.478 e. The summed E-state index contributed by atoms with van der Waals surface area (Å²) < 4.78 is 5.78. The summed E-state index contributed by atoms with van der Waals surface area (Å²) in [5, 5.41) is 5.57. The number of hydrogen-bond acceptors (Lipinski definition) is 5. The van der Waals surface area contributed by atoms with Crippen LogP contribution in [0.4, 0.5) is 11.4 Å². The second-order valence-corrected chi connectivity index (χ2v) is 7.95. The molecule has 0 spiro atoms. The van der Waals surface area contributed by atoms with Gasteiger partial charge in [-0.25, -0.2) is 4.98 Å². The molecule has 1 aromatic carbocycles. The first-order valence-electron chi connectivity index (χ1n) is 10.6. The maximum atomic E-state index is 12.1. The van der Waals surface area contributed by atoms with E-state index in [1.54, 1.807) is 19.3 Å². The van der Waals surface area contributed by atoms with Gasteiger partial charge in [0.25, 0.3) is 11.8 Å². The number of carbonyl (C=O) groups is 2. The molecule has 7 heteroatoms. The van der Waals surface area contributed by atoms with Crippen molar-refractivity contribution in [3.63, 3.8) is 0 Å². The minimum Gasteiger partial charge on any atom is -0.478 e. The molecule has 1 aromatic heterocycles. The Morgan fingerprint density at radius 1 is 1.27 bits per heavy atom. The minimum absolute atomic E-state index is 0.0634. The maximum Gasteiger partial charge on any atom is 0.269 e. The van der Waals surface area contributed by atoms with Gasteiger partial charge in [0.1, 0.15) is 11.4 Å². The van der Waals surface area contributed by atoms with Gasteiger partial charge in [0.2, 0.25) is 0 Å². The monoisotopic (exact) mass is 408 g/mol. The summed E-state index contributed by atoms with van der Waals surface area (Å²) in [6.45, 7) is 3.88.